The van der Waals surface area contributed by atoms with Crippen molar-refractivity contribution >= 4 is 16.9 Å². The molecule has 1 amide bonds. The molecule has 0 atom stereocenters. The molecule has 3 aromatic rings. The Labute approximate surface area is 165 Å². The zero-order valence-electron chi connectivity index (χ0n) is 16.8. The minimum absolute atomic E-state index is 0.110. The molecule has 5 nitrogen and oxygen atoms in total. The molecule has 146 valence electrons. The van der Waals surface area contributed by atoms with Gasteiger partial charge in [0.2, 0.25) is 0 Å². The van der Waals surface area contributed by atoms with Crippen molar-refractivity contribution in [3.63, 3.8) is 0 Å². The van der Waals surface area contributed by atoms with Gasteiger partial charge >= 0.3 is 0 Å². The van der Waals surface area contributed by atoms with Crippen LogP contribution in [0.4, 0.5) is 0 Å². The summed E-state index contributed by atoms with van der Waals surface area (Å²) in [5, 5.41) is 3.95. The first-order valence-corrected chi connectivity index (χ1v) is 9.53. The molecule has 1 aliphatic rings. The Bertz CT molecular complexity index is 1010. The second-order valence-electron chi connectivity index (χ2n) is 7.82. The summed E-state index contributed by atoms with van der Waals surface area (Å²) in [4.78, 5) is 15.3. The van der Waals surface area contributed by atoms with Crippen molar-refractivity contribution in [3.8, 4) is 5.75 Å². The van der Waals surface area contributed by atoms with Crippen LogP contribution in [0.2, 0.25) is 0 Å². The molecule has 1 aliphatic carbocycles. The number of methoxy groups -OCH3 is 1. The molecule has 0 spiro atoms. The van der Waals surface area contributed by atoms with E-state index < -0.39 is 0 Å². The van der Waals surface area contributed by atoms with Gasteiger partial charge in [-0.15, -0.1) is 0 Å². The van der Waals surface area contributed by atoms with Crippen LogP contribution in [-0.2, 0) is 12.8 Å². The molecule has 1 N–H and O–H groups in total. The van der Waals surface area contributed by atoms with Crippen LogP contribution in [0.25, 0.3) is 11.0 Å². The zero-order valence-corrected chi connectivity index (χ0v) is 16.8. The van der Waals surface area contributed by atoms with Crippen LogP contribution < -0.4 is 10.1 Å². The normalized spacial score (nSPS) is 15.0. The molecule has 0 saturated heterocycles. The highest BCUT2D eigenvalue weighted by atomic mass is 16.5. The van der Waals surface area contributed by atoms with Crippen molar-refractivity contribution in [1.29, 1.82) is 0 Å². The molecular formula is C23H26N2O3. The molecule has 28 heavy (non-hydrogen) atoms. The topological polar surface area (TPSA) is 54.7 Å². The van der Waals surface area contributed by atoms with Crippen molar-refractivity contribution in [2.75, 3.05) is 27.7 Å². The van der Waals surface area contributed by atoms with Gasteiger partial charge in [-0.2, -0.15) is 0 Å². The van der Waals surface area contributed by atoms with Gasteiger partial charge in [0, 0.05) is 17.5 Å². The highest BCUT2D eigenvalue weighted by molar-refractivity contribution is 6.07. The number of nitrogens with zero attached hydrogens (tertiary/aromatic N) is 1. The quantitative estimate of drug-likeness (QED) is 0.737. The minimum atomic E-state index is -0.121. The number of nitrogens with one attached hydrogen (secondary N) is 1. The lowest BCUT2D eigenvalue weighted by molar-refractivity contribution is 0.0903. The lowest BCUT2D eigenvalue weighted by atomic mass is 9.93. The predicted molar refractivity (Wildman–Crippen MR) is 110 cm³/mol. The van der Waals surface area contributed by atoms with E-state index in [9.17, 15) is 4.79 Å². The maximum absolute atomic E-state index is 13.1. The lowest BCUT2D eigenvalue weighted by Crippen LogP contribution is -2.53. The van der Waals surface area contributed by atoms with Crippen LogP contribution in [0, 0.1) is 6.92 Å². The summed E-state index contributed by atoms with van der Waals surface area (Å²) in [7, 11) is 5.79. The molecule has 0 radical (unpaired) electrons. The average Bonchev–Trinajstić information content (AvgIpc) is 3.23. The molecule has 0 fully saturated rings. The van der Waals surface area contributed by atoms with E-state index in [2.05, 4.69) is 48.6 Å². The van der Waals surface area contributed by atoms with E-state index in [4.69, 9.17) is 9.15 Å². The number of ether oxygens (including phenoxy) is 1. The standard InChI is InChI=1S/C23H26N2O3/c1-15-21(19-11-18(27-4)9-10-20(19)28-15)22(26)24-14-23(25(2)3)12-16-7-5-6-8-17(16)13-23/h5-11H,12-14H2,1-4H3,(H,24,26). The maximum Gasteiger partial charge on any atom is 0.255 e. The lowest BCUT2D eigenvalue weighted by Gasteiger charge is -2.36. The van der Waals surface area contributed by atoms with Gasteiger partial charge < -0.3 is 19.4 Å². The maximum atomic E-state index is 13.1. The number of benzene rings is 2. The van der Waals surface area contributed by atoms with E-state index in [1.54, 1.807) is 7.11 Å². The van der Waals surface area contributed by atoms with Gasteiger partial charge in [0.25, 0.3) is 5.91 Å². The van der Waals surface area contributed by atoms with Crippen LogP contribution in [-0.4, -0.2) is 44.1 Å². The number of fused-ring (bicyclic) bond motifs is 2. The molecule has 2 aromatic carbocycles. The molecule has 0 aliphatic heterocycles. The van der Waals surface area contributed by atoms with Crippen molar-refractivity contribution in [1.82, 2.24) is 10.2 Å². The summed E-state index contributed by atoms with van der Waals surface area (Å²) in [6, 6.07) is 14.1. The van der Waals surface area contributed by atoms with Crippen molar-refractivity contribution in [2.45, 2.75) is 25.3 Å². The Morgan fingerprint density at radius 2 is 1.86 bits per heavy atom. The van der Waals surface area contributed by atoms with Gasteiger partial charge in [0.15, 0.2) is 0 Å². The average molecular weight is 378 g/mol. The second kappa shape index (κ2) is 6.99. The van der Waals surface area contributed by atoms with Crippen LogP contribution in [0.1, 0.15) is 27.2 Å². The number of hydrogen-bond donors (Lipinski definition) is 1. The molecule has 0 unspecified atom stereocenters. The van der Waals surface area contributed by atoms with Crippen LogP contribution in [0.3, 0.4) is 0 Å². The first-order valence-electron chi connectivity index (χ1n) is 9.53. The number of carbonyl (C=O) groups is 1. The highest BCUT2D eigenvalue weighted by Gasteiger charge is 2.39. The Morgan fingerprint density at radius 1 is 1.18 bits per heavy atom. The molecule has 0 saturated carbocycles. The Balaban J connectivity index is 1.59. The number of amides is 1. The number of rotatable bonds is 5. The smallest absolute Gasteiger partial charge is 0.255 e. The summed E-state index contributed by atoms with van der Waals surface area (Å²) in [5.74, 6) is 1.22. The molecule has 5 heteroatoms. The summed E-state index contributed by atoms with van der Waals surface area (Å²) in [6.07, 6.45) is 1.85. The molecule has 1 aromatic heterocycles. The third-order valence-electron chi connectivity index (χ3n) is 5.98. The van der Waals surface area contributed by atoms with E-state index in [0.29, 0.717) is 29.2 Å². The van der Waals surface area contributed by atoms with E-state index in [-0.39, 0.29) is 11.4 Å². The van der Waals surface area contributed by atoms with Gasteiger partial charge in [0.05, 0.1) is 12.7 Å². The summed E-state index contributed by atoms with van der Waals surface area (Å²) >= 11 is 0. The fourth-order valence-corrected chi connectivity index (χ4v) is 4.21. The number of furan rings is 1. The number of carbonyl (C=O) groups excluding carboxylic acids is 1. The first kappa shape index (κ1) is 18.6. The first-order chi connectivity index (χ1) is 13.4. The Morgan fingerprint density at radius 3 is 2.46 bits per heavy atom. The Hall–Kier alpha value is -2.79. The van der Waals surface area contributed by atoms with E-state index in [0.717, 1.165) is 18.2 Å². The van der Waals surface area contributed by atoms with Gasteiger partial charge in [-0.05, 0) is 63.2 Å². The number of hydrogen-bond acceptors (Lipinski definition) is 4. The fraction of sp³-hybridized carbons (Fsp3) is 0.348. The highest BCUT2D eigenvalue weighted by Crippen LogP contribution is 2.34. The van der Waals surface area contributed by atoms with Crippen LogP contribution in [0.15, 0.2) is 46.9 Å². The predicted octanol–water partition coefficient (Wildman–Crippen LogP) is 3.58. The number of aryl methyl sites for hydroxylation is 1. The van der Waals surface area contributed by atoms with Gasteiger partial charge in [-0.1, -0.05) is 24.3 Å². The molecular weight excluding hydrogens is 352 g/mol. The van der Waals surface area contributed by atoms with Crippen molar-refractivity contribution < 1.29 is 13.9 Å². The third-order valence-corrected chi connectivity index (χ3v) is 5.98. The monoisotopic (exact) mass is 378 g/mol. The molecule has 1 heterocycles. The zero-order chi connectivity index (χ0) is 19.9. The van der Waals surface area contributed by atoms with Crippen molar-refractivity contribution in [2.24, 2.45) is 0 Å². The van der Waals surface area contributed by atoms with Gasteiger partial charge in [0.1, 0.15) is 17.1 Å². The summed E-state index contributed by atoms with van der Waals surface area (Å²) in [5.41, 5.74) is 3.88. The minimum Gasteiger partial charge on any atom is -0.497 e. The summed E-state index contributed by atoms with van der Waals surface area (Å²) < 4.78 is 11.1. The van der Waals surface area contributed by atoms with E-state index in [1.807, 2.05) is 25.1 Å². The van der Waals surface area contributed by atoms with Gasteiger partial charge in [-0.25, -0.2) is 0 Å². The van der Waals surface area contributed by atoms with E-state index in [1.165, 1.54) is 11.1 Å². The van der Waals surface area contributed by atoms with E-state index >= 15 is 0 Å². The number of likely N-dealkylation sites (N-methyl/N-ethyl adjacent to an activating group) is 1. The summed E-state index contributed by atoms with van der Waals surface area (Å²) in [6.45, 7) is 2.40. The van der Waals surface area contributed by atoms with Gasteiger partial charge in [-0.3, -0.25) is 4.79 Å². The SMILES string of the molecule is COc1ccc2oc(C)c(C(=O)NCC3(N(C)C)Cc4ccccc4C3)c2c1. The van der Waals surface area contributed by atoms with Crippen molar-refractivity contribution in [3.05, 3.63) is 64.9 Å². The fourth-order valence-electron chi connectivity index (χ4n) is 4.21. The molecule has 4 rings (SSSR count). The second-order valence-corrected chi connectivity index (χ2v) is 7.82. The molecule has 0 bridgehead atoms. The largest absolute Gasteiger partial charge is 0.497 e. The van der Waals surface area contributed by atoms with Crippen LogP contribution >= 0.6 is 0 Å². The third kappa shape index (κ3) is 3.06. The van der Waals surface area contributed by atoms with Crippen LogP contribution in [0.5, 0.6) is 5.75 Å². The Kier molecular flexibility index (Phi) is 4.63.